The molecule has 0 aromatic heterocycles. The molecule has 1 atom stereocenters. The van der Waals surface area contributed by atoms with Gasteiger partial charge in [0.15, 0.2) is 5.11 Å². The minimum absolute atomic E-state index is 0.000695. The van der Waals surface area contributed by atoms with Gasteiger partial charge in [-0.3, -0.25) is 14.5 Å². The molecule has 2 aliphatic rings. The lowest BCUT2D eigenvalue weighted by molar-refractivity contribution is -0.124. The van der Waals surface area contributed by atoms with E-state index < -0.39 is 6.04 Å². The van der Waals surface area contributed by atoms with E-state index in [4.69, 9.17) is 28.6 Å². The Morgan fingerprint density at radius 1 is 1.05 bits per heavy atom. The van der Waals surface area contributed by atoms with E-state index in [1.54, 1.807) is 30.3 Å². The van der Waals surface area contributed by atoms with Gasteiger partial charge in [-0.1, -0.05) is 31.5 Å². The number of rotatable bonds is 12. The van der Waals surface area contributed by atoms with Gasteiger partial charge in [-0.2, -0.15) is 0 Å². The van der Waals surface area contributed by atoms with E-state index in [0.717, 1.165) is 57.9 Å². The summed E-state index contributed by atoms with van der Waals surface area (Å²) in [5.74, 6) is 0.301. The third kappa shape index (κ3) is 7.69. The first-order chi connectivity index (χ1) is 18.9. The zero-order valence-corrected chi connectivity index (χ0v) is 24.3. The molecular formula is C29H38ClN5O3S. The van der Waals surface area contributed by atoms with Crippen molar-refractivity contribution < 1.29 is 14.3 Å². The van der Waals surface area contributed by atoms with Gasteiger partial charge >= 0.3 is 0 Å². The van der Waals surface area contributed by atoms with E-state index in [0.29, 0.717) is 34.7 Å². The highest BCUT2D eigenvalue weighted by Gasteiger charge is 2.44. The molecule has 0 saturated carbocycles. The number of benzene rings is 2. The van der Waals surface area contributed by atoms with Crippen LogP contribution in [0.5, 0.6) is 5.75 Å². The quantitative estimate of drug-likeness (QED) is 0.377. The molecule has 2 aromatic carbocycles. The van der Waals surface area contributed by atoms with Crippen molar-refractivity contribution in [2.45, 2.75) is 39.2 Å². The lowest BCUT2D eigenvalue weighted by Crippen LogP contribution is -2.47. The Morgan fingerprint density at radius 2 is 1.77 bits per heavy atom. The van der Waals surface area contributed by atoms with Gasteiger partial charge in [-0.15, -0.1) is 0 Å². The average Bonchev–Trinajstić information content (AvgIpc) is 3.16. The van der Waals surface area contributed by atoms with Crippen LogP contribution in [0.2, 0.25) is 5.02 Å². The van der Waals surface area contributed by atoms with E-state index in [2.05, 4.69) is 29.0 Å². The fourth-order valence-corrected chi connectivity index (χ4v) is 5.57. The van der Waals surface area contributed by atoms with Crippen molar-refractivity contribution in [3.05, 3.63) is 53.6 Å². The molecule has 0 radical (unpaired) electrons. The second kappa shape index (κ2) is 14.1. The summed E-state index contributed by atoms with van der Waals surface area (Å²) in [5, 5.41) is 3.85. The number of amides is 2. The summed E-state index contributed by atoms with van der Waals surface area (Å²) in [6, 6.07) is 13.7. The van der Waals surface area contributed by atoms with Crippen molar-refractivity contribution in [1.82, 2.24) is 14.7 Å². The monoisotopic (exact) mass is 571 g/mol. The number of carbonyl (C=O) groups is 2. The number of piperazine rings is 1. The highest BCUT2D eigenvalue weighted by molar-refractivity contribution is 7.80. The minimum Gasteiger partial charge on any atom is -0.494 e. The third-order valence-corrected chi connectivity index (χ3v) is 7.81. The Labute approximate surface area is 241 Å². The maximum Gasteiger partial charge on any atom is 0.256 e. The van der Waals surface area contributed by atoms with Crippen LogP contribution in [0, 0.1) is 0 Å². The van der Waals surface area contributed by atoms with Crippen LogP contribution >= 0.6 is 23.8 Å². The third-order valence-electron chi connectivity index (χ3n) is 7.16. The van der Waals surface area contributed by atoms with Gasteiger partial charge in [-0.25, -0.2) is 0 Å². The van der Waals surface area contributed by atoms with E-state index in [-0.39, 0.29) is 18.2 Å². The minimum atomic E-state index is -0.680. The Bertz CT molecular complexity index is 1140. The van der Waals surface area contributed by atoms with E-state index in [1.165, 1.54) is 4.90 Å². The maximum atomic E-state index is 13.6. The van der Waals surface area contributed by atoms with Crippen molar-refractivity contribution >= 4 is 52.1 Å². The van der Waals surface area contributed by atoms with Gasteiger partial charge in [0.2, 0.25) is 5.91 Å². The van der Waals surface area contributed by atoms with Gasteiger partial charge in [-0.05, 0) is 80.6 Å². The summed E-state index contributed by atoms with van der Waals surface area (Å²) in [7, 11) is 0. The van der Waals surface area contributed by atoms with Crippen LogP contribution in [0.25, 0.3) is 0 Å². The number of thiocarbonyl (C=S) groups is 1. The molecule has 2 heterocycles. The number of anilines is 2. The van der Waals surface area contributed by atoms with E-state index in [9.17, 15) is 9.59 Å². The van der Waals surface area contributed by atoms with Crippen LogP contribution in [0.15, 0.2) is 48.5 Å². The molecule has 2 amide bonds. The average molecular weight is 572 g/mol. The van der Waals surface area contributed by atoms with Crippen LogP contribution in [0.3, 0.4) is 0 Å². The Balaban J connectivity index is 1.42. The molecule has 39 heavy (non-hydrogen) atoms. The van der Waals surface area contributed by atoms with Crippen LogP contribution in [0.4, 0.5) is 11.4 Å². The zero-order chi connectivity index (χ0) is 27.8. The molecule has 10 heteroatoms. The van der Waals surface area contributed by atoms with Gasteiger partial charge in [0, 0.05) is 43.4 Å². The van der Waals surface area contributed by atoms with Crippen molar-refractivity contribution in [3.63, 3.8) is 0 Å². The summed E-state index contributed by atoms with van der Waals surface area (Å²) < 4.78 is 5.62. The van der Waals surface area contributed by atoms with Crippen LogP contribution < -0.4 is 15.0 Å². The fourth-order valence-electron chi connectivity index (χ4n) is 4.98. The summed E-state index contributed by atoms with van der Waals surface area (Å²) in [6.07, 6.45) is 1.77. The first kappa shape index (κ1) is 29.3. The van der Waals surface area contributed by atoms with Crippen LogP contribution in [-0.2, 0) is 9.59 Å². The SMILES string of the molecule is CCCOc1ccc(NC(=O)C[C@@H]2C(=O)N(c3cccc(Cl)c3)C(=S)N2CCCN2CCN(CC)CC2)cc1. The van der Waals surface area contributed by atoms with E-state index in [1.807, 2.05) is 23.1 Å². The number of hydrogen-bond acceptors (Lipinski definition) is 6. The molecule has 0 unspecified atom stereocenters. The lowest BCUT2D eigenvalue weighted by atomic mass is 10.1. The summed E-state index contributed by atoms with van der Waals surface area (Å²) in [5.41, 5.74) is 1.27. The predicted octanol–water partition coefficient (Wildman–Crippen LogP) is 4.49. The van der Waals surface area contributed by atoms with Crippen molar-refractivity contribution in [1.29, 1.82) is 0 Å². The smallest absolute Gasteiger partial charge is 0.256 e. The second-order valence-electron chi connectivity index (χ2n) is 9.90. The number of carbonyl (C=O) groups excluding carboxylic acids is 2. The maximum absolute atomic E-state index is 13.6. The molecule has 0 spiro atoms. The molecule has 4 rings (SSSR count). The number of nitrogens with one attached hydrogen (secondary N) is 1. The summed E-state index contributed by atoms with van der Waals surface area (Å²) in [6.45, 7) is 11.7. The van der Waals surface area contributed by atoms with Gasteiger partial charge < -0.3 is 24.8 Å². The van der Waals surface area contributed by atoms with E-state index >= 15 is 0 Å². The standard InChI is InChI=1S/C29H38ClN5O3S/c1-3-19-38-25-11-9-23(10-12-25)31-27(36)21-26-28(37)35(24-8-5-7-22(30)20-24)29(39)34(26)14-6-13-33-17-15-32(4-2)16-18-33/h5,7-12,20,26H,3-4,6,13-19,21H2,1-2H3,(H,31,36)/t26-/m1/s1. The Morgan fingerprint density at radius 3 is 2.44 bits per heavy atom. The topological polar surface area (TPSA) is 68.4 Å². The number of halogens is 1. The molecule has 0 aliphatic carbocycles. The number of nitrogens with zero attached hydrogens (tertiary/aromatic N) is 4. The summed E-state index contributed by atoms with van der Waals surface area (Å²) in [4.78, 5) is 35.1. The highest BCUT2D eigenvalue weighted by atomic mass is 35.5. The van der Waals surface area contributed by atoms with Crippen LogP contribution in [0.1, 0.15) is 33.1 Å². The first-order valence-electron chi connectivity index (χ1n) is 13.8. The van der Waals surface area contributed by atoms with Crippen LogP contribution in [-0.4, -0.2) is 90.1 Å². The normalized spacial score (nSPS) is 18.6. The lowest BCUT2D eigenvalue weighted by Gasteiger charge is -2.34. The molecule has 0 bridgehead atoms. The molecule has 210 valence electrons. The Kier molecular flexibility index (Phi) is 10.6. The predicted molar refractivity (Wildman–Crippen MR) is 161 cm³/mol. The van der Waals surface area contributed by atoms with Crippen molar-refractivity contribution in [2.75, 3.05) is 62.6 Å². The van der Waals surface area contributed by atoms with Crippen molar-refractivity contribution in [2.24, 2.45) is 0 Å². The molecule has 2 aliphatic heterocycles. The van der Waals surface area contributed by atoms with Gasteiger partial charge in [0.25, 0.3) is 5.91 Å². The first-order valence-corrected chi connectivity index (χ1v) is 14.6. The van der Waals surface area contributed by atoms with Gasteiger partial charge in [0.05, 0.1) is 18.7 Å². The van der Waals surface area contributed by atoms with Gasteiger partial charge in [0.1, 0.15) is 11.8 Å². The van der Waals surface area contributed by atoms with Crippen molar-refractivity contribution in [3.8, 4) is 5.75 Å². The zero-order valence-electron chi connectivity index (χ0n) is 22.8. The molecule has 8 nitrogen and oxygen atoms in total. The molecule has 1 N–H and O–H groups in total. The molecule has 2 fully saturated rings. The number of hydrogen-bond donors (Lipinski definition) is 1. The summed E-state index contributed by atoms with van der Waals surface area (Å²) >= 11 is 12.0. The second-order valence-corrected chi connectivity index (χ2v) is 10.7. The highest BCUT2D eigenvalue weighted by Crippen LogP contribution is 2.29. The fraction of sp³-hybridized carbons (Fsp3) is 0.483. The molecule has 2 aromatic rings. The molecule has 2 saturated heterocycles. The number of likely N-dealkylation sites (N-methyl/N-ethyl adjacent to an activating group) is 1. The Hall–Kier alpha value is -2.72. The largest absolute Gasteiger partial charge is 0.494 e. The number of ether oxygens (including phenoxy) is 1. The molecular weight excluding hydrogens is 534 g/mol.